The van der Waals surface area contributed by atoms with Crippen LogP contribution < -0.4 is 0 Å². The Morgan fingerprint density at radius 3 is 2.31 bits per heavy atom. The van der Waals surface area contributed by atoms with Gasteiger partial charge in [0.25, 0.3) is 0 Å². The Kier molecular flexibility index (Phi) is 5.02. The SMILES string of the molecule is Cc1cc(F)ccc1-c1cc[c]cc1.OS. The largest absolute Gasteiger partial charge is 0.333 e. The molecule has 0 amide bonds. The van der Waals surface area contributed by atoms with E-state index in [1.54, 1.807) is 12.1 Å². The average molecular weight is 235 g/mol. The number of thiol groups is 1. The Morgan fingerprint density at radius 2 is 1.75 bits per heavy atom. The van der Waals surface area contributed by atoms with Crippen molar-refractivity contribution in [2.75, 3.05) is 0 Å². The van der Waals surface area contributed by atoms with E-state index in [2.05, 4.69) is 19.0 Å². The first kappa shape index (κ1) is 12.7. The first-order chi connectivity index (χ1) is 7.77. The summed E-state index contributed by atoms with van der Waals surface area (Å²) in [7, 11) is 0. The zero-order valence-electron chi connectivity index (χ0n) is 8.81. The van der Waals surface area contributed by atoms with Crippen molar-refractivity contribution in [3.63, 3.8) is 0 Å². The summed E-state index contributed by atoms with van der Waals surface area (Å²) < 4.78 is 19.6. The number of halogens is 1. The van der Waals surface area contributed by atoms with E-state index >= 15 is 0 Å². The second kappa shape index (κ2) is 6.30. The predicted molar refractivity (Wildman–Crippen MR) is 67.0 cm³/mol. The maximum absolute atomic E-state index is 12.9. The molecule has 0 saturated heterocycles. The Hall–Kier alpha value is -1.32. The highest BCUT2D eigenvalue weighted by atomic mass is 32.1. The minimum atomic E-state index is -0.186. The van der Waals surface area contributed by atoms with Gasteiger partial charge >= 0.3 is 0 Å². The summed E-state index contributed by atoms with van der Waals surface area (Å²) in [6, 6.07) is 15.5. The van der Waals surface area contributed by atoms with Crippen molar-refractivity contribution in [2.24, 2.45) is 0 Å². The molecule has 1 N–H and O–H groups in total. The van der Waals surface area contributed by atoms with E-state index in [0.717, 1.165) is 16.7 Å². The quantitative estimate of drug-likeness (QED) is 0.565. The van der Waals surface area contributed by atoms with Crippen LogP contribution in [0.15, 0.2) is 42.5 Å². The standard InChI is InChI=1S/C13H10F.H2OS/c1-10-9-12(14)7-8-13(10)11-5-3-2-4-6-11;1-2/h3-9H,1H3;1-2H. The second-order valence-corrected chi connectivity index (χ2v) is 3.25. The van der Waals surface area contributed by atoms with Gasteiger partial charge < -0.3 is 4.55 Å². The summed E-state index contributed by atoms with van der Waals surface area (Å²) >= 11 is 2.53. The van der Waals surface area contributed by atoms with Gasteiger partial charge in [-0.05, 0) is 54.7 Å². The van der Waals surface area contributed by atoms with Gasteiger partial charge in [-0.15, -0.1) is 0 Å². The molecule has 0 spiro atoms. The van der Waals surface area contributed by atoms with Crippen LogP contribution in [0, 0.1) is 18.8 Å². The summed E-state index contributed by atoms with van der Waals surface area (Å²) in [5.41, 5.74) is 3.12. The van der Waals surface area contributed by atoms with Crippen LogP contribution >= 0.6 is 12.9 Å². The van der Waals surface area contributed by atoms with Gasteiger partial charge in [0.15, 0.2) is 0 Å². The molecule has 0 aliphatic heterocycles. The van der Waals surface area contributed by atoms with Crippen molar-refractivity contribution in [3.05, 3.63) is 59.9 Å². The molecular weight excluding hydrogens is 223 g/mol. The van der Waals surface area contributed by atoms with Gasteiger partial charge in [0.2, 0.25) is 0 Å². The third-order valence-electron chi connectivity index (χ3n) is 2.22. The van der Waals surface area contributed by atoms with E-state index in [9.17, 15) is 4.39 Å². The normalized spacial score (nSPS) is 9.25. The third-order valence-corrected chi connectivity index (χ3v) is 2.22. The van der Waals surface area contributed by atoms with Crippen molar-refractivity contribution in [1.29, 1.82) is 0 Å². The number of hydrogen-bond donors (Lipinski definition) is 2. The summed E-state index contributed by atoms with van der Waals surface area (Å²) in [5.74, 6) is -0.186. The first-order valence-corrected chi connectivity index (χ1v) is 5.10. The fourth-order valence-corrected chi connectivity index (χ4v) is 1.52. The third kappa shape index (κ3) is 3.08. The molecule has 16 heavy (non-hydrogen) atoms. The van der Waals surface area contributed by atoms with Crippen LogP contribution in [0.1, 0.15) is 5.56 Å². The molecule has 0 atom stereocenters. The molecule has 0 aliphatic carbocycles. The van der Waals surface area contributed by atoms with Crippen LogP contribution in [0.2, 0.25) is 0 Å². The highest BCUT2D eigenvalue weighted by Gasteiger charge is 2.01. The molecule has 0 saturated carbocycles. The molecule has 0 unspecified atom stereocenters. The lowest BCUT2D eigenvalue weighted by atomic mass is 10.0. The Bertz CT molecular complexity index is 443. The summed E-state index contributed by atoms with van der Waals surface area (Å²) in [6.45, 7) is 1.91. The maximum atomic E-state index is 12.9. The molecule has 0 fully saturated rings. The molecule has 2 aromatic rings. The average Bonchev–Trinajstić information content (AvgIpc) is 2.33. The maximum Gasteiger partial charge on any atom is 0.123 e. The van der Waals surface area contributed by atoms with Crippen LogP contribution in [-0.4, -0.2) is 4.55 Å². The van der Waals surface area contributed by atoms with Crippen molar-refractivity contribution in [3.8, 4) is 11.1 Å². The van der Waals surface area contributed by atoms with Crippen LogP contribution in [0.25, 0.3) is 11.1 Å². The minimum absolute atomic E-state index is 0.186. The monoisotopic (exact) mass is 235 g/mol. The molecule has 0 aromatic heterocycles. The Balaban J connectivity index is 0.000000606. The van der Waals surface area contributed by atoms with Crippen molar-refractivity contribution >= 4 is 12.9 Å². The summed E-state index contributed by atoms with van der Waals surface area (Å²) in [5, 5.41) is 0. The van der Waals surface area contributed by atoms with Crippen molar-refractivity contribution in [2.45, 2.75) is 6.92 Å². The fraction of sp³-hybridized carbons (Fsp3) is 0.0769. The van der Waals surface area contributed by atoms with Crippen LogP contribution in [0.5, 0.6) is 0 Å². The lowest BCUT2D eigenvalue weighted by Crippen LogP contribution is -1.84. The summed E-state index contributed by atoms with van der Waals surface area (Å²) in [6.07, 6.45) is 0. The molecule has 2 aromatic carbocycles. The van der Waals surface area contributed by atoms with Gasteiger partial charge in [-0.3, -0.25) is 0 Å². The van der Waals surface area contributed by atoms with Crippen LogP contribution in [0.3, 0.4) is 0 Å². The summed E-state index contributed by atoms with van der Waals surface area (Å²) in [4.78, 5) is 0. The predicted octanol–water partition coefficient (Wildman–Crippen LogP) is 3.99. The molecule has 83 valence electrons. The van der Waals surface area contributed by atoms with Gasteiger partial charge in [-0.25, -0.2) is 4.39 Å². The number of hydrogen-bond acceptors (Lipinski definition) is 2. The van der Waals surface area contributed by atoms with Crippen molar-refractivity contribution in [1.82, 2.24) is 0 Å². The van der Waals surface area contributed by atoms with E-state index in [-0.39, 0.29) is 5.82 Å². The number of aryl methyl sites for hydroxylation is 1. The highest BCUT2D eigenvalue weighted by molar-refractivity contribution is 7.74. The molecule has 1 nitrogen and oxygen atoms in total. The van der Waals surface area contributed by atoms with Crippen LogP contribution in [-0.2, 0) is 0 Å². The number of rotatable bonds is 1. The van der Waals surface area contributed by atoms with Crippen LogP contribution in [0.4, 0.5) is 4.39 Å². The van der Waals surface area contributed by atoms with E-state index < -0.39 is 0 Å². The van der Waals surface area contributed by atoms with Gasteiger partial charge in [-0.1, -0.05) is 30.3 Å². The smallest absolute Gasteiger partial charge is 0.123 e. The Morgan fingerprint density at radius 1 is 1.12 bits per heavy atom. The number of benzene rings is 2. The zero-order chi connectivity index (χ0) is 12.0. The molecular formula is C13H12FOS. The Labute approximate surface area is 100 Å². The van der Waals surface area contributed by atoms with E-state index in [1.165, 1.54) is 6.07 Å². The molecule has 0 bridgehead atoms. The van der Waals surface area contributed by atoms with Gasteiger partial charge in [-0.2, -0.15) is 0 Å². The van der Waals surface area contributed by atoms with E-state index in [1.807, 2.05) is 31.2 Å². The molecule has 0 aliphatic rings. The second-order valence-electron chi connectivity index (χ2n) is 3.25. The lowest BCUT2D eigenvalue weighted by molar-refractivity contribution is 0.627. The van der Waals surface area contributed by atoms with Crippen molar-refractivity contribution < 1.29 is 8.94 Å². The van der Waals surface area contributed by atoms with Gasteiger partial charge in [0, 0.05) is 0 Å². The topological polar surface area (TPSA) is 20.2 Å². The highest BCUT2D eigenvalue weighted by Crippen LogP contribution is 2.23. The van der Waals surface area contributed by atoms with Gasteiger partial charge in [0.1, 0.15) is 5.82 Å². The van der Waals surface area contributed by atoms with E-state index in [0.29, 0.717) is 0 Å². The van der Waals surface area contributed by atoms with E-state index in [4.69, 9.17) is 4.55 Å². The minimum Gasteiger partial charge on any atom is -0.333 e. The molecule has 1 radical (unpaired) electrons. The van der Waals surface area contributed by atoms with Gasteiger partial charge in [0.05, 0.1) is 0 Å². The lowest BCUT2D eigenvalue weighted by Gasteiger charge is -2.05. The zero-order valence-corrected chi connectivity index (χ0v) is 9.71. The molecule has 2 rings (SSSR count). The molecule has 3 heteroatoms. The fourth-order valence-electron chi connectivity index (χ4n) is 1.52. The molecule has 0 heterocycles. The first-order valence-electron chi connectivity index (χ1n) is 4.70.